The van der Waals surface area contributed by atoms with Crippen LogP contribution in [0.25, 0.3) is 22.4 Å². The molecule has 4 rings (SSSR count). The van der Waals surface area contributed by atoms with Crippen molar-refractivity contribution in [2.24, 2.45) is 0 Å². The molecule has 6 heteroatoms. The summed E-state index contributed by atoms with van der Waals surface area (Å²) in [5.41, 5.74) is 2.61. The first-order valence-corrected chi connectivity index (χ1v) is 8.75. The van der Waals surface area contributed by atoms with Gasteiger partial charge in [-0.15, -0.1) is 0 Å². The molecule has 0 radical (unpaired) electrons. The average Bonchev–Trinajstić information content (AvgIpc) is 3.26. The van der Waals surface area contributed by atoms with Crippen LogP contribution in [0.1, 0.15) is 31.3 Å². The van der Waals surface area contributed by atoms with E-state index in [9.17, 15) is 4.79 Å². The van der Waals surface area contributed by atoms with Gasteiger partial charge in [-0.25, -0.2) is 4.98 Å². The molecule has 0 spiro atoms. The second kappa shape index (κ2) is 6.39. The standard InChI is InChI=1S/C21H20N4O2/c1-21(2,3)25-17-12-8-7-11-15(17)22-20(25)23-19(26)16-13-18(27-24-16)14-9-5-4-6-10-14/h4-13H,1-3H3,(H,22,23,26). The summed E-state index contributed by atoms with van der Waals surface area (Å²) < 4.78 is 7.34. The zero-order valence-electron chi connectivity index (χ0n) is 15.4. The monoisotopic (exact) mass is 360 g/mol. The molecule has 0 fully saturated rings. The van der Waals surface area contributed by atoms with Crippen LogP contribution in [-0.2, 0) is 5.54 Å². The first-order chi connectivity index (χ1) is 12.9. The van der Waals surface area contributed by atoms with E-state index in [1.807, 2.05) is 59.2 Å². The maximum atomic E-state index is 12.7. The van der Waals surface area contributed by atoms with Gasteiger partial charge in [-0.2, -0.15) is 0 Å². The minimum absolute atomic E-state index is 0.210. The molecule has 0 saturated heterocycles. The van der Waals surface area contributed by atoms with Gasteiger partial charge < -0.3 is 9.09 Å². The number of benzene rings is 2. The quantitative estimate of drug-likeness (QED) is 0.575. The van der Waals surface area contributed by atoms with Crippen molar-refractivity contribution in [3.63, 3.8) is 0 Å². The van der Waals surface area contributed by atoms with E-state index in [0.717, 1.165) is 16.6 Å². The van der Waals surface area contributed by atoms with Crippen molar-refractivity contribution in [1.29, 1.82) is 0 Å². The highest BCUT2D eigenvalue weighted by molar-refractivity contribution is 6.03. The Balaban J connectivity index is 1.67. The third-order valence-corrected chi connectivity index (χ3v) is 4.26. The zero-order valence-corrected chi connectivity index (χ0v) is 15.4. The lowest BCUT2D eigenvalue weighted by Crippen LogP contribution is -2.26. The molecular formula is C21H20N4O2. The maximum absolute atomic E-state index is 12.7. The second-order valence-electron chi connectivity index (χ2n) is 7.33. The summed E-state index contributed by atoms with van der Waals surface area (Å²) in [6.45, 7) is 6.21. The fourth-order valence-electron chi connectivity index (χ4n) is 3.08. The summed E-state index contributed by atoms with van der Waals surface area (Å²) in [6, 6.07) is 19.0. The van der Waals surface area contributed by atoms with Crippen molar-refractivity contribution < 1.29 is 9.32 Å². The molecule has 27 heavy (non-hydrogen) atoms. The first kappa shape index (κ1) is 17.0. The van der Waals surface area contributed by atoms with Crippen molar-refractivity contribution in [3.05, 3.63) is 66.4 Å². The van der Waals surface area contributed by atoms with Gasteiger partial charge in [0.1, 0.15) is 0 Å². The highest BCUT2D eigenvalue weighted by atomic mass is 16.5. The number of fused-ring (bicyclic) bond motifs is 1. The van der Waals surface area contributed by atoms with Crippen LogP contribution in [0.2, 0.25) is 0 Å². The number of imidazole rings is 1. The molecule has 0 aliphatic heterocycles. The normalized spacial score (nSPS) is 11.7. The molecule has 4 aromatic rings. The number of hydrogen-bond acceptors (Lipinski definition) is 4. The number of aromatic nitrogens is 3. The molecular weight excluding hydrogens is 340 g/mol. The maximum Gasteiger partial charge on any atom is 0.280 e. The molecule has 2 aromatic carbocycles. The highest BCUT2D eigenvalue weighted by Crippen LogP contribution is 2.28. The van der Waals surface area contributed by atoms with E-state index in [-0.39, 0.29) is 17.1 Å². The number of hydrogen-bond donors (Lipinski definition) is 1. The molecule has 0 aliphatic carbocycles. The Morgan fingerprint density at radius 1 is 1.04 bits per heavy atom. The highest BCUT2D eigenvalue weighted by Gasteiger charge is 2.24. The summed E-state index contributed by atoms with van der Waals surface area (Å²) in [5, 5.41) is 6.79. The molecule has 136 valence electrons. The second-order valence-corrected chi connectivity index (χ2v) is 7.33. The lowest BCUT2D eigenvalue weighted by Gasteiger charge is -2.24. The third kappa shape index (κ3) is 3.21. The first-order valence-electron chi connectivity index (χ1n) is 8.75. The van der Waals surface area contributed by atoms with Gasteiger partial charge in [-0.1, -0.05) is 47.6 Å². The molecule has 2 heterocycles. The molecule has 0 aliphatic rings. The van der Waals surface area contributed by atoms with Gasteiger partial charge in [-0.05, 0) is 32.9 Å². The molecule has 0 saturated carbocycles. The van der Waals surface area contributed by atoms with Crippen LogP contribution in [0, 0.1) is 0 Å². The van der Waals surface area contributed by atoms with Crippen LogP contribution in [0.15, 0.2) is 65.2 Å². The smallest absolute Gasteiger partial charge is 0.280 e. The van der Waals surface area contributed by atoms with E-state index < -0.39 is 0 Å². The Bertz CT molecular complexity index is 1100. The molecule has 0 atom stereocenters. The molecule has 0 unspecified atom stereocenters. The van der Waals surface area contributed by atoms with Crippen LogP contribution < -0.4 is 5.32 Å². The predicted molar refractivity (Wildman–Crippen MR) is 105 cm³/mol. The van der Waals surface area contributed by atoms with Gasteiger partial charge in [-0.3, -0.25) is 10.1 Å². The topological polar surface area (TPSA) is 73.0 Å². The van der Waals surface area contributed by atoms with Gasteiger partial charge >= 0.3 is 0 Å². The zero-order chi connectivity index (χ0) is 19.0. The number of anilines is 1. The number of nitrogens with zero attached hydrogens (tertiary/aromatic N) is 3. The van der Waals surface area contributed by atoms with Crippen molar-refractivity contribution in [2.45, 2.75) is 26.3 Å². The number of nitrogens with one attached hydrogen (secondary N) is 1. The summed E-state index contributed by atoms with van der Waals surface area (Å²) in [6.07, 6.45) is 0. The lowest BCUT2D eigenvalue weighted by molar-refractivity contribution is 0.101. The lowest BCUT2D eigenvalue weighted by atomic mass is 10.1. The van der Waals surface area contributed by atoms with Gasteiger partial charge in [0.25, 0.3) is 5.91 Å². The number of carbonyl (C=O) groups is 1. The molecule has 6 nitrogen and oxygen atoms in total. The van der Waals surface area contributed by atoms with Crippen LogP contribution in [0.3, 0.4) is 0 Å². The van der Waals surface area contributed by atoms with E-state index in [1.54, 1.807) is 6.07 Å². The number of para-hydroxylation sites is 2. The Morgan fingerprint density at radius 2 is 1.74 bits per heavy atom. The fraction of sp³-hybridized carbons (Fsp3) is 0.190. The van der Waals surface area contributed by atoms with E-state index >= 15 is 0 Å². The summed E-state index contributed by atoms with van der Waals surface area (Å²) in [4.78, 5) is 17.3. The van der Waals surface area contributed by atoms with Gasteiger partial charge in [0.2, 0.25) is 5.95 Å². The van der Waals surface area contributed by atoms with Crippen LogP contribution >= 0.6 is 0 Å². The minimum Gasteiger partial charge on any atom is -0.355 e. The van der Waals surface area contributed by atoms with E-state index in [2.05, 4.69) is 36.2 Å². The average molecular weight is 360 g/mol. The van der Waals surface area contributed by atoms with Gasteiger partial charge in [0.05, 0.1) is 11.0 Å². The molecule has 1 amide bonds. The molecule has 2 aromatic heterocycles. The number of rotatable bonds is 3. The summed E-state index contributed by atoms with van der Waals surface area (Å²) >= 11 is 0. The van der Waals surface area contributed by atoms with E-state index in [1.165, 1.54) is 0 Å². The Kier molecular flexibility index (Phi) is 4.03. The third-order valence-electron chi connectivity index (χ3n) is 4.26. The summed E-state index contributed by atoms with van der Waals surface area (Å²) in [7, 11) is 0. The van der Waals surface area contributed by atoms with Crippen molar-refractivity contribution in [1.82, 2.24) is 14.7 Å². The predicted octanol–water partition coefficient (Wildman–Crippen LogP) is 4.70. The van der Waals surface area contributed by atoms with Crippen molar-refractivity contribution in [3.8, 4) is 11.3 Å². The van der Waals surface area contributed by atoms with Gasteiger partial charge in [0, 0.05) is 17.2 Å². The van der Waals surface area contributed by atoms with E-state index in [4.69, 9.17) is 4.52 Å². The van der Waals surface area contributed by atoms with Crippen molar-refractivity contribution >= 4 is 22.9 Å². The van der Waals surface area contributed by atoms with Crippen LogP contribution in [0.4, 0.5) is 5.95 Å². The Hall–Kier alpha value is -3.41. The van der Waals surface area contributed by atoms with E-state index in [0.29, 0.717) is 11.7 Å². The largest absolute Gasteiger partial charge is 0.355 e. The molecule has 0 bridgehead atoms. The van der Waals surface area contributed by atoms with Crippen molar-refractivity contribution in [2.75, 3.05) is 5.32 Å². The summed E-state index contributed by atoms with van der Waals surface area (Å²) in [5.74, 6) is 0.671. The van der Waals surface area contributed by atoms with Crippen LogP contribution in [-0.4, -0.2) is 20.6 Å². The number of carbonyl (C=O) groups excluding carboxylic acids is 1. The fourth-order valence-corrected chi connectivity index (χ4v) is 3.08. The SMILES string of the molecule is CC(C)(C)n1c(NC(=O)c2cc(-c3ccccc3)on2)nc2ccccc21. The van der Waals surface area contributed by atoms with Gasteiger partial charge in [0.15, 0.2) is 11.5 Å². The Morgan fingerprint density at radius 3 is 2.48 bits per heavy atom. The Labute approximate surface area is 156 Å². The number of amides is 1. The molecule has 1 N–H and O–H groups in total. The minimum atomic E-state index is -0.360. The van der Waals surface area contributed by atoms with Crippen LogP contribution in [0.5, 0.6) is 0 Å².